The van der Waals surface area contributed by atoms with Crippen molar-refractivity contribution in [3.8, 4) is 0 Å². The quantitative estimate of drug-likeness (QED) is 0.279. The van der Waals surface area contributed by atoms with Gasteiger partial charge >= 0.3 is 0 Å². The number of para-hydroxylation sites is 1. The summed E-state index contributed by atoms with van der Waals surface area (Å²) in [6.07, 6.45) is 4.67. The van der Waals surface area contributed by atoms with Gasteiger partial charge in [0.05, 0.1) is 24.0 Å². The Morgan fingerprint density at radius 3 is 2.72 bits per heavy atom. The van der Waals surface area contributed by atoms with Crippen LogP contribution in [0.4, 0.5) is 15.5 Å². The maximum Gasteiger partial charge on any atom is 0.264 e. The fourth-order valence-corrected chi connectivity index (χ4v) is 9.99. The fraction of sp³-hybridized carbons (Fsp3) is 0.500. The van der Waals surface area contributed by atoms with Gasteiger partial charge in [-0.25, -0.2) is 0 Å². The second kappa shape index (κ2) is 11.6. The summed E-state index contributed by atoms with van der Waals surface area (Å²) < 4.78 is 24.6. The Morgan fingerprint density at radius 1 is 1.14 bits per heavy atom. The van der Waals surface area contributed by atoms with Crippen molar-refractivity contribution in [1.29, 1.82) is 0 Å². The number of amides is 2. The van der Waals surface area contributed by atoms with E-state index in [1.54, 1.807) is 28.9 Å². The molecule has 3 aromatic rings. The van der Waals surface area contributed by atoms with Crippen molar-refractivity contribution >= 4 is 31.6 Å². The standard InChI is InChI=1S/C32H40FN5O4Si/c1-22-30(43(2,3)33)28(14-17-36-21-24(15-18-39)34-35-36)42-32(22)26-11-4-5-12-27(26)38(31(32)41)20-23-9-8-10-25(19-23)37-16-7-6-13-29(37)40/h4-5,8-12,19,21-22,28,30,39H,6-7,13-18,20H2,1-3H3/t22-,28+,30-,32+/m0/s1. The minimum absolute atomic E-state index is 0.00707. The molecule has 0 saturated carbocycles. The summed E-state index contributed by atoms with van der Waals surface area (Å²) in [5, 5.41) is 17.5. The first-order chi connectivity index (χ1) is 20.6. The van der Waals surface area contributed by atoms with Gasteiger partial charge in [0.15, 0.2) is 5.60 Å². The number of aryl methyl sites for hydroxylation is 1. The van der Waals surface area contributed by atoms with E-state index < -0.39 is 25.7 Å². The largest absolute Gasteiger partial charge is 0.396 e. The maximum absolute atomic E-state index is 16.1. The molecule has 1 spiro atoms. The highest BCUT2D eigenvalue weighted by molar-refractivity contribution is 6.72. The number of fused-ring (bicyclic) bond motifs is 2. The number of carbonyl (C=O) groups excluding carboxylic acids is 2. The smallest absolute Gasteiger partial charge is 0.264 e. The van der Waals surface area contributed by atoms with E-state index in [4.69, 9.17) is 4.74 Å². The Bertz CT molecular complexity index is 1510. The average Bonchev–Trinajstić information content (AvgIpc) is 3.63. The highest BCUT2D eigenvalue weighted by atomic mass is 28.4. The molecule has 6 rings (SSSR count). The van der Waals surface area contributed by atoms with E-state index in [0.717, 1.165) is 35.3 Å². The lowest BCUT2D eigenvalue weighted by Crippen LogP contribution is -2.45. The van der Waals surface area contributed by atoms with E-state index in [1.165, 1.54) is 0 Å². The van der Waals surface area contributed by atoms with Crippen LogP contribution >= 0.6 is 0 Å². The van der Waals surface area contributed by atoms with Crippen LogP contribution in [0.3, 0.4) is 0 Å². The monoisotopic (exact) mass is 605 g/mol. The zero-order valence-electron chi connectivity index (χ0n) is 25.1. The van der Waals surface area contributed by atoms with Crippen LogP contribution in [0, 0.1) is 5.92 Å². The van der Waals surface area contributed by atoms with Gasteiger partial charge in [-0.1, -0.05) is 42.5 Å². The van der Waals surface area contributed by atoms with Crippen LogP contribution in [-0.4, -0.2) is 59.6 Å². The molecule has 43 heavy (non-hydrogen) atoms. The number of piperidine rings is 1. The van der Waals surface area contributed by atoms with Crippen molar-refractivity contribution in [3.05, 3.63) is 71.5 Å². The van der Waals surface area contributed by atoms with Crippen molar-refractivity contribution in [3.63, 3.8) is 0 Å². The molecular formula is C32H40FN5O4Si. The lowest BCUT2D eigenvalue weighted by atomic mass is 9.82. The van der Waals surface area contributed by atoms with Gasteiger partial charge in [0.2, 0.25) is 14.3 Å². The summed E-state index contributed by atoms with van der Waals surface area (Å²) in [6.45, 7) is 6.85. The lowest BCUT2D eigenvalue weighted by molar-refractivity contribution is -0.146. The molecule has 0 bridgehead atoms. The molecule has 2 aromatic carbocycles. The minimum atomic E-state index is -3.28. The van der Waals surface area contributed by atoms with Crippen molar-refractivity contribution in [2.75, 3.05) is 23.0 Å². The molecule has 1 N–H and O–H groups in total. The first-order valence-electron chi connectivity index (χ1n) is 15.3. The summed E-state index contributed by atoms with van der Waals surface area (Å²) in [6, 6.07) is 15.6. The third-order valence-electron chi connectivity index (χ3n) is 9.35. The van der Waals surface area contributed by atoms with Gasteiger partial charge in [-0.15, -0.1) is 5.10 Å². The molecule has 2 saturated heterocycles. The summed E-state index contributed by atoms with van der Waals surface area (Å²) >= 11 is 0. The van der Waals surface area contributed by atoms with Crippen molar-refractivity contribution in [1.82, 2.24) is 15.0 Å². The number of halogens is 1. The van der Waals surface area contributed by atoms with Gasteiger partial charge in [-0.3, -0.25) is 14.3 Å². The number of hydrogen-bond donors (Lipinski definition) is 1. The molecular weight excluding hydrogens is 565 g/mol. The summed E-state index contributed by atoms with van der Waals surface area (Å²) in [7, 11) is -3.28. The van der Waals surface area contributed by atoms with Crippen molar-refractivity contribution in [2.24, 2.45) is 5.92 Å². The van der Waals surface area contributed by atoms with Gasteiger partial charge < -0.3 is 23.8 Å². The Hall–Kier alpha value is -3.41. The maximum atomic E-state index is 16.1. The van der Waals surface area contributed by atoms with Crippen LogP contribution in [-0.2, 0) is 39.4 Å². The SMILES string of the molecule is C[C@H]1[C@H]([Si](C)(C)F)[C@@H](CCn2cc(CCO)nn2)O[C@]12C(=O)N(Cc1cccc(N3CCCCC3=O)c1)c1ccccc12. The molecule has 1 aromatic heterocycles. The van der Waals surface area contributed by atoms with E-state index in [1.807, 2.05) is 60.4 Å². The Balaban J connectivity index is 1.30. The molecule has 4 heterocycles. The molecule has 11 heteroatoms. The number of anilines is 2. The normalized spacial score (nSPS) is 25.7. The molecule has 0 radical (unpaired) electrons. The predicted octanol–water partition coefficient (Wildman–Crippen LogP) is 4.74. The zero-order valence-corrected chi connectivity index (χ0v) is 26.1. The number of nitrogens with zero attached hydrogens (tertiary/aromatic N) is 5. The predicted molar refractivity (Wildman–Crippen MR) is 164 cm³/mol. The highest BCUT2D eigenvalue weighted by Gasteiger charge is 2.66. The van der Waals surface area contributed by atoms with Gasteiger partial charge in [0.1, 0.15) is 0 Å². The van der Waals surface area contributed by atoms with Crippen LogP contribution in [0.25, 0.3) is 0 Å². The minimum Gasteiger partial charge on any atom is -0.396 e. The van der Waals surface area contributed by atoms with Crippen LogP contribution in [0.5, 0.6) is 0 Å². The summed E-state index contributed by atoms with van der Waals surface area (Å²) in [5.74, 6) is -0.415. The number of aliphatic hydroxyl groups excluding tert-OH is 1. The lowest BCUT2D eigenvalue weighted by Gasteiger charge is -2.31. The molecule has 228 valence electrons. The van der Waals surface area contributed by atoms with E-state index >= 15 is 4.11 Å². The van der Waals surface area contributed by atoms with E-state index in [-0.39, 0.29) is 24.3 Å². The van der Waals surface area contributed by atoms with Gasteiger partial charge in [-0.05, 0) is 56.1 Å². The van der Waals surface area contributed by atoms with Crippen molar-refractivity contribution < 1.29 is 23.5 Å². The number of benzene rings is 2. The van der Waals surface area contributed by atoms with E-state index in [9.17, 15) is 14.7 Å². The first kappa shape index (κ1) is 29.6. The Labute approximate surface area is 252 Å². The molecule has 0 unspecified atom stereocenters. The topological polar surface area (TPSA) is 101 Å². The van der Waals surface area contributed by atoms with Crippen LogP contribution in [0.15, 0.2) is 54.7 Å². The highest BCUT2D eigenvalue weighted by Crippen LogP contribution is 2.60. The Kier molecular flexibility index (Phi) is 7.99. The molecule has 3 aliphatic rings. The fourth-order valence-electron chi connectivity index (χ4n) is 7.45. The van der Waals surface area contributed by atoms with E-state index in [2.05, 4.69) is 10.3 Å². The summed E-state index contributed by atoms with van der Waals surface area (Å²) in [4.78, 5) is 30.8. The third-order valence-corrected chi connectivity index (χ3v) is 11.8. The van der Waals surface area contributed by atoms with Crippen LogP contribution in [0.1, 0.15) is 49.4 Å². The number of rotatable bonds is 9. The first-order valence-corrected chi connectivity index (χ1v) is 18.3. The molecule has 9 nitrogen and oxygen atoms in total. The van der Waals surface area contributed by atoms with Crippen LogP contribution in [0.2, 0.25) is 18.6 Å². The molecule has 3 aliphatic heterocycles. The molecule has 0 aliphatic carbocycles. The number of aliphatic hydroxyl groups is 1. The molecule has 2 amide bonds. The second-order valence-electron chi connectivity index (χ2n) is 12.6. The van der Waals surface area contributed by atoms with Crippen molar-refractivity contribution in [2.45, 2.75) is 82.5 Å². The number of hydrogen-bond acceptors (Lipinski definition) is 6. The molecule has 2 fully saturated rings. The zero-order chi connectivity index (χ0) is 30.4. The van der Waals surface area contributed by atoms with Crippen LogP contribution < -0.4 is 9.80 Å². The Morgan fingerprint density at radius 2 is 1.95 bits per heavy atom. The van der Waals surface area contributed by atoms with Gasteiger partial charge in [0.25, 0.3) is 5.91 Å². The molecule has 4 atom stereocenters. The van der Waals surface area contributed by atoms with Gasteiger partial charge in [0, 0.05) is 61.4 Å². The van der Waals surface area contributed by atoms with Gasteiger partial charge in [-0.2, -0.15) is 0 Å². The number of carbonyl (C=O) groups is 2. The average molecular weight is 606 g/mol. The second-order valence-corrected chi connectivity index (χ2v) is 16.4. The number of ether oxygens (including phenoxy) is 1. The number of aromatic nitrogens is 3. The summed E-state index contributed by atoms with van der Waals surface area (Å²) in [5.41, 5.74) is 2.34. The van der Waals surface area contributed by atoms with E-state index in [0.29, 0.717) is 44.6 Å². The third kappa shape index (κ3) is 5.31.